The van der Waals surface area contributed by atoms with Gasteiger partial charge >= 0.3 is 6.18 Å². The summed E-state index contributed by atoms with van der Waals surface area (Å²) in [4.78, 5) is 1.64. The van der Waals surface area contributed by atoms with E-state index in [2.05, 4.69) is 0 Å². The van der Waals surface area contributed by atoms with E-state index >= 15 is 0 Å². The summed E-state index contributed by atoms with van der Waals surface area (Å²) in [5.41, 5.74) is -0.973. The SMILES string of the molecule is CC1(C)CC(O)CN1c1ccccc1C(F)(F)F. The van der Waals surface area contributed by atoms with Gasteiger partial charge in [0.1, 0.15) is 0 Å². The first-order valence-electron chi connectivity index (χ1n) is 5.84. The molecule has 1 fully saturated rings. The fourth-order valence-electron chi connectivity index (χ4n) is 2.58. The van der Waals surface area contributed by atoms with Crippen LogP contribution in [0.15, 0.2) is 24.3 Å². The molecule has 18 heavy (non-hydrogen) atoms. The number of nitrogens with zero attached hydrogens (tertiary/aromatic N) is 1. The van der Waals surface area contributed by atoms with Crippen LogP contribution >= 0.6 is 0 Å². The van der Waals surface area contributed by atoms with Crippen molar-refractivity contribution in [2.75, 3.05) is 11.4 Å². The van der Waals surface area contributed by atoms with Crippen LogP contribution in [-0.2, 0) is 6.18 Å². The second-order valence-electron chi connectivity index (χ2n) is 5.30. The Balaban J connectivity index is 2.46. The van der Waals surface area contributed by atoms with Gasteiger partial charge in [-0.2, -0.15) is 13.2 Å². The number of benzene rings is 1. The Hall–Kier alpha value is -1.23. The first kappa shape index (κ1) is 13.2. The molecule has 100 valence electrons. The predicted octanol–water partition coefficient (Wildman–Crippen LogP) is 3.06. The van der Waals surface area contributed by atoms with Crippen LogP contribution in [0.3, 0.4) is 0 Å². The van der Waals surface area contributed by atoms with Gasteiger partial charge in [-0.1, -0.05) is 12.1 Å². The fourth-order valence-corrected chi connectivity index (χ4v) is 2.58. The molecule has 0 amide bonds. The van der Waals surface area contributed by atoms with Crippen molar-refractivity contribution in [1.82, 2.24) is 0 Å². The summed E-state index contributed by atoms with van der Waals surface area (Å²) < 4.78 is 38.9. The van der Waals surface area contributed by atoms with Crippen molar-refractivity contribution in [2.24, 2.45) is 0 Å². The Labute approximate surface area is 104 Å². The lowest BCUT2D eigenvalue weighted by Gasteiger charge is -2.35. The maximum atomic E-state index is 13.0. The zero-order valence-corrected chi connectivity index (χ0v) is 10.3. The molecule has 1 aliphatic heterocycles. The van der Waals surface area contributed by atoms with E-state index in [1.807, 2.05) is 13.8 Å². The van der Waals surface area contributed by atoms with Gasteiger partial charge in [-0.25, -0.2) is 0 Å². The van der Waals surface area contributed by atoms with E-state index in [1.165, 1.54) is 12.1 Å². The van der Waals surface area contributed by atoms with Gasteiger partial charge in [-0.3, -0.25) is 0 Å². The molecule has 1 aromatic carbocycles. The number of β-amino-alcohol motifs (C(OH)–C–C–N with tert-alkyl or cyclic N) is 1. The summed E-state index contributed by atoms with van der Waals surface area (Å²) >= 11 is 0. The van der Waals surface area contributed by atoms with E-state index in [-0.39, 0.29) is 12.2 Å². The fraction of sp³-hybridized carbons (Fsp3) is 0.538. The lowest BCUT2D eigenvalue weighted by atomic mass is 9.99. The van der Waals surface area contributed by atoms with Gasteiger partial charge in [-0.15, -0.1) is 0 Å². The minimum absolute atomic E-state index is 0.145. The lowest BCUT2D eigenvalue weighted by molar-refractivity contribution is -0.137. The van der Waals surface area contributed by atoms with E-state index in [9.17, 15) is 18.3 Å². The van der Waals surface area contributed by atoms with Crippen LogP contribution in [0.5, 0.6) is 0 Å². The summed E-state index contributed by atoms with van der Waals surface area (Å²) in [5.74, 6) is 0. The van der Waals surface area contributed by atoms with Crippen molar-refractivity contribution >= 4 is 5.69 Å². The van der Waals surface area contributed by atoms with E-state index < -0.39 is 23.4 Å². The van der Waals surface area contributed by atoms with E-state index in [4.69, 9.17) is 0 Å². The van der Waals surface area contributed by atoms with Crippen molar-refractivity contribution in [2.45, 2.75) is 38.1 Å². The Morgan fingerprint density at radius 2 is 1.89 bits per heavy atom. The minimum Gasteiger partial charge on any atom is -0.391 e. The zero-order chi connectivity index (χ0) is 13.6. The number of aliphatic hydroxyl groups excluding tert-OH is 1. The molecule has 1 heterocycles. The molecule has 5 heteroatoms. The first-order chi connectivity index (χ1) is 8.22. The molecule has 0 radical (unpaired) electrons. The van der Waals surface area contributed by atoms with Crippen molar-refractivity contribution in [3.8, 4) is 0 Å². The molecule has 1 aromatic rings. The highest BCUT2D eigenvalue weighted by Gasteiger charge is 2.42. The van der Waals surface area contributed by atoms with Crippen molar-refractivity contribution < 1.29 is 18.3 Å². The maximum absolute atomic E-state index is 13.0. The topological polar surface area (TPSA) is 23.5 Å². The molecule has 1 unspecified atom stereocenters. The third-order valence-corrected chi connectivity index (χ3v) is 3.36. The molecule has 2 rings (SSSR count). The molecule has 0 spiro atoms. The Bertz CT molecular complexity index is 442. The van der Waals surface area contributed by atoms with E-state index in [1.54, 1.807) is 11.0 Å². The number of anilines is 1. The summed E-state index contributed by atoms with van der Waals surface area (Å²) in [6, 6.07) is 5.51. The van der Waals surface area contributed by atoms with Gasteiger partial charge in [0.05, 0.1) is 11.7 Å². The average Bonchev–Trinajstić information content (AvgIpc) is 2.50. The van der Waals surface area contributed by atoms with Crippen molar-refractivity contribution in [3.63, 3.8) is 0 Å². The van der Waals surface area contributed by atoms with Crippen LogP contribution in [0.1, 0.15) is 25.8 Å². The second kappa shape index (κ2) is 4.16. The summed E-state index contributed by atoms with van der Waals surface area (Å²) in [6.07, 6.45) is -4.49. The molecule has 1 saturated heterocycles. The Morgan fingerprint density at radius 1 is 1.28 bits per heavy atom. The van der Waals surface area contributed by atoms with Crippen LogP contribution in [0, 0.1) is 0 Å². The van der Waals surface area contributed by atoms with Crippen LogP contribution in [0.4, 0.5) is 18.9 Å². The smallest absolute Gasteiger partial charge is 0.391 e. The van der Waals surface area contributed by atoms with Crippen LogP contribution in [-0.4, -0.2) is 23.3 Å². The molecule has 0 aliphatic carbocycles. The summed E-state index contributed by atoms with van der Waals surface area (Å²) in [5, 5.41) is 9.67. The second-order valence-corrected chi connectivity index (χ2v) is 5.30. The van der Waals surface area contributed by atoms with Crippen LogP contribution < -0.4 is 4.90 Å². The van der Waals surface area contributed by atoms with Crippen LogP contribution in [0.2, 0.25) is 0 Å². The molecular formula is C13H16F3NO. The first-order valence-corrected chi connectivity index (χ1v) is 5.84. The zero-order valence-electron chi connectivity index (χ0n) is 10.3. The van der Waals surface area contributed by atoms with Gasteiger partial charge in [0.15, 0.2) is 0 Å². The van der Waals surface area contributed by atoms with Gasteiger partial charge in [0.2, 0.25) is 0 Å². The molecule has 1 atom stereocenters. The lowest BCUT2D eigenvalue weighted by Crippen LogP contribution is -2.39. The largest absolute Gasteiger partial charge is 0.418 e. The molecule has 0 bridgehead atoms. The molecule has 1 N–H and O–H groups in total. The highest BCUT2D eigenvalue weighted by molar-refractivity contribution is 5.58. The average molecular weight is 259 g/mol. The Morgan fingerprint density at radius 3 is 2.39 bits per heavy atom. The normalized spacial score (nSPS) is 23.4. The van der Waals surface area contributed by atoms with Crippen LogP contribution in [0.25, 0.3) is 0 Å². The third kappa shape index (κ3) is 2.32. The number of para-hydroxylation sites is 1. The van der Waals surface area contributed by atoms with Gasteiger partial charge < -0.3 is 10.0 Å². The van der Waals surface area contributed by atoms with E-state index in [0.717, 1.165) is 6.07 Å². The summed E-state index contributed by atoms with van der Waals surface area (Å²) in [7, 11) is 0. The van der Waals surface area contributed by atoms with Crippen molar-refractivity contribution in [1.29, 1.82) is 0 Å². The highest BCUT2D eigenvalue weighted by Crippen LogP contribution is 2.41. The molecule has 0 saturated carbocycles. The highest BCUT2D eigenvalue weighted by atomic mass is 19.4. The minimum atomic E-state index is -4.37. The maximum Gasteiger partial charge on any atom is 0.418 e. The molecule has 0 aromatic heterocycles. The Kier molecular flexibility index (Phi) is 3.05. The number of hydrogen-bond donors (Lipinski definition) is 1. The monoisotopic (exact) mass is 259 g/mol. The number of hydrogen-bond acceptors (Lipinski definition) is 2. The molecule has 1 aliphatic rings. The van der Waals surface area contributed by atoms with Gasteiger partial charge in [0, 0.05) is 17.8 Å². The standard InChI is InChI=1S/C13H16F3NO/c1-12(2)7-9(18)8-17(12)11-6-4-3-5-10(11)13(14,15)16/h3-6,9,18H,7-8H2,1-2H3. The third-order valence-electron chi connectivity index (χ3n) is 3.36. The number of rotatable bonds is 1. The number of halogens is 3. The summed E-state index contributed by atoms with van der Waals surface area (Å²) in [6.45, 7) is 3.92. The van der Waals surface area contributed by atoms with Crippen molar-refractivity contribution in [3.05, 3.63) is 29.8 Å². The van der Waals surface area contributed by atoms with Gasteiger partial charge in [0.25, 0.3) is 0 Å². The molecular weight excluding hydrogens is 243 g/mol. The molecule has 2 nitrogen and oxygen atoms in total. The predicted molar refractivity (Wildman–Crippen MR) is 63.5 cm³/mol. The number of alkyl halides is 3. The number of aliphatic hydroxyl groups is 1. The van der Waals surface area contributed by atoms with Gasteiger partial charge in [-0.05, 0) is 32.4 Å². The van der Waals surface area contributed by atoms with E-state index in [0.29, 0.717) is 6.42 Å². The quantitative estimate of drug-likeness (QED) is 0.838.